The van der Waals surface area contributed by atoms with E-state index in [0.29, 0.717) is 0 Å². The first-order valence-electron chi connectivity index (χ1n) is 7.77. The number of nitrogens with zero attached hydrogens (tertiary/aromatic N) is 1. The average molecular weight is 296 g/mol. The van der Waals surface area contributed by atoms with E-state index in [4.69, 9.17) is 0 Å². The molecular weight excluding hydrogens is 268 g/mol. The van der Waals surface area contributed by atoms with Crippen LogP contribution in [0.1, 0.15) is 29.7 Å². The fraction of sp³-hybridized carbons (Fsp3) is 0.400. The van der Waals surface area contributed by atoms with Crippen molar-refractivity contribution in [2.24, 2.45) is 0 Å². The van der Waals surface area contributed by atoms with Gasteiger partial charge in [-0.15, -0.1) is 0 Å². The maximum absolute atomic E-state index is 3.33. The second-order valence-electron chi connectivity index (χ2n) is 6.14. The number of hydrogen-bond acceptors (Lipinski definition) is 2. The molecule has 4 rings (SSSR count). The normalized spacial score (nSPS) is 14.2. The minimum absolute atomic E-state index is 0. The van der Waals surface area contributed by atoms with E-state index in [9.17, 15) is 0 Å². The lowest BCUT2D eigenvalue weighted by atomic mass is 10.1. The maximum Gasteiger partial charge on any atom is 0.0397 e. The molecule has 0 atom stereocenters. The fourth-order valence-electron chi connectivity index (χ4n) is 3.13. The molecule has 118 valence electrons. The van der Waals surface area contributed by atoms with Crippen molar-refractivity contribution in [1.82, 2.24) is 0 Å². The molecule has 0 unspecified atom stereocenters. The van der Waals surface area contributed by atoms with Crippen LogP contribution in [0.15, 0.2) is 36.4 Å². The van der Waals surface area contributed by atoms with Gasteiger partial charge in [-0.05, 0) is 49.9 Å². The zero-order valence-corrected chi connectivity index (χ0v) is 13.2. The van der Waals surface area contributed by atoms with Gasteiger partial charge in [-0.2, -0.15) is 0 Å². The van der Waals surface area contributed by atoms with Crippen LogP contribution in [0.2, 0.25) is 0 Å². The summed E-state index contributed by atoms with van der Waals surface area (Å²) >= 11 is 0. The first-order valence-corrected chi connectivity index (χ1v) is 7.77. The Bertz CT molecular complexity index is 646. The smallest absolute Gasteiger partial charge is 0.0397 e. The van der Waals surface area contributed by atoms with Gasteiger partial charge in [-0.1, -0.05) is 42.8 Å². The Morgan fingerprint density at radius 2 is 1.59 bits per heavy atom. The summed E-state index contributed by atoms with van der Waals surface area (Å²) in [5.41, 5.74) is 8.45. The average Bonchev–Trinajstić information content (AvgIpc) is 3.06. The molecule has 2 aromatic rings. The van der Waals surface area contributed by atoms with Crippen molar-refractivity contribution in [3.63, 3.8) is 0 Å². The van der Waals surface area contributed by atoms with E-state index in [-0.39, 0.29) is 7.43 Å². The van der Waals surface area contributed by atoms with Gasteiger partial charge in [0, 0.05) is 31.5 Å². The van der Waals surface area contributed by atoms with Crippen molar-refractivity contribution in [3.8, 4) is 0 Å². The van der Waals surface area contributed by atoms with Gasteiger partial charge in [0.1, 0.15) is 0 Å². The summed E-state index contributed by atoms with van der Waals surface area (Å²) < 4.78 is 0. The standard InChI is InChI=1S/C10H13N.C9H11N.CH4/c1-8-3-4-10-9(7-8)5-6-11(10)2;1-7-2-3-9-8(6-7)4-5-10-9;/h3-4,7H,5-6H2,1-2H3;2-3,6,10H,4-5H2,1H3;1H4. The van der Waals surface area contributed by atoms with E-state index < -0.39 is 0 Å². The molecular formula is C20H28N2. The molecule has 0 saturated heterocycles. The van der Waals surface area contributed by atoms with Gasteiger partial charge in [0.05, 0.1) is 0 Å². The van der Waals surface area contributed by atoms with Crippen LogP contribution >= 0.6 is 0 Å². The second kappa shape index (κ2) is 6.87. The van der Waals surface area contributed by atoms with E-state index in [0.717, 1.165) is 6.54 Å². The van der Waals surface area contributed by atoms with Gasteiger partial charge < -0.3 is 10.2 Å². The zero-order valence-electron chi connectivity index (χ0n) is 13.2. The minimum atomic E-state index is 0. The summed E-state index contributed by atoms with van der Waals surface area (Å²) in [6, 6.07) is 13.3. The molecule has 0 radical (unpaired) electrons. The SMILES string of the molecule is C.Cc1ccc2c(c1)CCN2.Cc1ccc2c(c1)CCN2C. The summed E-state index contributed by atoms with van der Waals surface area (Å²) in [4.78, 5) is 2.31. The summed E-state index contributed by atoms with van der Waals surface area (Å²) in [6.45, 7) is 6.58. The summed E-state index contributed by atoms with van der Waals surface area (Å²) in [7, 11) is 2.15. The number of likely N-dealkylation sites (N-methyl/N-ethyl adjacent to an activating group) is 1. The molecule has 0 bridgehead atoms. The van der Waals surface area contributed by atoms with Crippen molar-refractivity contribution in [1.29, 1.82) is 0 Å². The number of nitrogens with one attached hydrogen (secondary N) is 1. The molecule has 0 fully saturated rings. The molecule has 2 aliphatic heterocycles. The molecule has 0 aromatic heterocycles. The zero-order chi connectivity index (χ0) is 14.8. The van der Waals surface area contributed by atoms with Crippen LogP contribution < -0.4 is 10.2 Å². The fourth-order valence-corrected chi connectivity index (χ4v) is 3.13. The van der Waals surface area contributed by atoms with Crippen LogP contribution in [0.5, 0.6) is 0 Å². The van der Waals surface area contributed by atoms with E-state index in [1.54, 1.807) is 0 Å². The Hall–Kier alpha value is -1.96. The lowest BCUT2D eigenvalue weighted by molar-refractivity contribution is 0.956. The predicted octanol–water partition coefficient (Wildman–Crippen LogP) is 4.59. The number of rotatable bonds is 0. The quantitative estimate of drug-likeness (QED) is 0.765. The Morgan fingerprint density at radius 1 is 0.909 bits per heavy atom. The first kappa shape index (κ1) is 16.4. The molecule has 0 amide bonds. The third-order valence-corrected chi connectivity index (χ3v) is 4.33. The molecule has 0 aliphatic carbocycles. The van der Waals surface area contributed by atoms with Crippen LogP contribution in [0.25, 0.3) is 0 Å². The number of anilines is 2. The van der Waals surface area contributed by atoms with Crippen LogP contribution in [0.4, 0.5) is 11.4 Å². The van der Waals surface area contributed by atoms with Crippen molar-refractivity contribution >= 4 is 11.4 Å². The molecule has 2 aromatic carbocycles. The lowest BCUT2D eigenvalue weighted by Crippen LogP contribution is -2.12. The lowest BCUT2D eigenvalue weighted by Gasteiger charge is -2.11. The highest BCUT2D eigenvalue weighted by Gasteiger charge is 2.14. The van der Waals surface area contributed by atoms with Gasteiger partial charge in [0.25, 0.3) is 0 Å². The van der Waals surface area contributed by atoms with E-state index >= 15 is 0 Å². The van der Waals surface area contributed by atoms with E-state index in [1.807, 2.05) is 0 Å². The van der Waals surface area contributed by atoms with Gasteiger partial charge in [-0.3, -0.25) is 0 Å². The molecule has 22 heavy (non-hydrogen) atoms. The highest BCUT2D eigenvalue weighted by molar-refractivity contribution is 5.58. The molecule has 2 nitrogen and oxygen atoms in total. The van der Waals surface area contributed by atoms with Crippen molar-refractivity contribution in [2.75, 3.05) is 30.4 Å². The van der Waals surface area contributed by atoms with E-state index in [1.165, 1.54) is 53.0 Å². The number of fused-ring (bicyclic) bond motifs is 2. The van der Waals surface area contributed by atoms with Crippen molar-refractivity contribution in [3.05, 3.63) is 58.7 Å². The molecule has 2 heteroatoms. The van der Waals surface area contributed by atoms with E-state index in [2.05, 4.69) is 67.5 Å². The van der Waals surface area contributed by atoms with Crippen LogP contribution in [-0.2, 0) is 12.8 Å². The second-order valence-corrected chi connectivity index (χ2v) is 6.14. The largest absolute Gasteiger partial charge is 0.384 e. The maximum atomic E-state index is 3.33. The van der Waals surface area contributed by atoms with Crippen LogP contribution in [-0.4, -0.2) is 20.1 Å². The summed E-state index contributed by atoms with van der Waals surface area (Å²) in [5, 5.41) is 3.33. The Kier molecular flexibility index (Phi) is 5.12. The molecule has 2 aliphatic rings. The predicted molar refractivity (Wildman–Crippen MR) is 98.3 cm³/mol. The Labute approximate surface area is 135 Å². The molecule has 2 heterocycles. The third kappa shape index (κ3) is 3.44. The van der Waals surface area contributed by atoms with Crippen molar-refractivity contribution < 1.29 is 0 Å². The number of aryl methyl sites for hydroxylation is 2. The molecule has 1 N–H and O–H groups in total. The highest BCUT2D eigenvalue weighted by Crippen LogP contribution is 2.26. The van der Waals surface area contributed by atoms with Gasteiger partial charge in [-0.25, -0.2) is 0 Å². The Balaban J connectivity index is 0.000000154. The summed E-state index contributed by atoms with van der Waals surface area (Å²) in [6.07, 6.45) is 2.41. The topological polar surface area (TPSA) is 15.3 Å². The van der Waals surface area contributed by atoms with Gasteiger partial charge >= 0.3 is 0 Å². The van der Waals surface area contributed by atoms with Crippen LogP contribution in [0.3, 0.4) is 0 Å². The minimum Gasteiger partial charge on any atom is -0.384 e. The summed E-state index contributed by atoms with van der Waals surface area (Å²) in [5.74, 6) is 0. The molecule has 0 spiro atoms. The van der Waals surface area contributed by atoms with Crippen molar-refractivity contribution in [2.45, 2.75) is 34.1 Å². The Morgan fingerprint density at radius 3 is 2.36 bits per heavy atom. The van der Waals surface area contributed by atoms with Gasteiger partial charge in [0.15, 0.2) is 0 Å². The molecule has 0 saturated carbocycles. The monoisotopic (exact) mass is 296 g/mol. The number of benzene rings is 2. The third-order valence-electron chi connectivity index (χ3n) is 4.33. The first-order chi connectivity index (χ1) is 10.1. The number of hydrogen-bond donors (Lipinski definition) is 1. The van der Waals surface area contributed by atoms with Crippen LogP contribution in [0, 0.1) is 13.8 Å². The van der Waals surface area contributed by atoms with Gasteiger partial charge in [0.2, 0.25) is 0 Å². The highest BCUT2D eigenvalue weighted by atomic mass is 15.1.